The van der Waals surface area contributed by atoms with Gasteiger partial charge >= 0.3 is 5.97 Å². The highest BCUT2D eigenvalue weighted by molar-refractivity contribution is 6.15. The molecule has 7 nitrogen and oxygen atoms in total. The number of para-hydroxylation sites is 1. The van der Waals surface area contributed by atoms with Gasteiger partial charge < -0.3 is 13.9 Å². The summed E-state index contributed by atoms with van der Waals surface area (Å²) in [5.41, 5.74) is 2.69. The fourth-order valence-electron chi connectivity index (χ4n) is 3.39. The van der Waals surface area contributed by atoms with Crippen molar-refractivity contribution in [2.75, 3.05) is 7.11 Å². The Morgan fingerprint density at radius 1 is 1.10 bits per heavy atom. The van der Waals surface area contributed by atoms with Gasteiger partial charge in [0.15, 0.2) is 11.5 Å². The van der Waals surface area contributed by atoms with Crippen LogP contribution in [0.2, 0.25) is 0 Å². The molecule has 2 aromatic heterocycles. The summed E-state index contributed by atoms with van der Waals surface area (Å²) >= 11 is 0. The first-order valence-electron chi connectivity index (χ1n) is 9.49. The maximum Gasteiger partial charge on any atom is 0.337 e. The second kappa shape index (κ2) is 7.46. The zero-order valence-electron chi connectivity index (χ0n) is 16.4. The Morgan fingerprint density at radius 2 is 1.94 bits per heavy atom. The highest BCUT2D eigenvalue weighted by atomic mass is 16.5. The number of benzene rings is 2. The fraction of sp³-hybridized carbons (Fsp3) is 0.0417. The third-order valence-electron chi connectivity index (χ3n) is 4.89. The molecule has 5 rings (SSSR count). The van der Waals surface area contributed by atoms with Gasteiger partial charge in [0.1, 0.15) is 11.4 Å². The Hall–Kier alpha value is -4.39. The van der Waals surface area contributed by atoms with Gasteiger partial charge in [-0.2, -0.15) is 5.10 Å². The molecule has 1 aliphatic heterocycles. The minimum Gasteiger partial charge on any atom is -0.465 e. The van der Waals surface area contributed by atoms with Gasteiger partial charge in [-0.05, 0) is 48.5 Å². The molecule has 0 saturated carbocycles. The summed E-state index contributed by atoms with van der Waals surface area (Å²) in [5.74, 6) is 0.254. The molecular weight excluding hydrogens is 396 g/mol. The molecule has 0 saturated heterocycles. The van der Waals surface area contributed by atoms with E-state index in [0.717, 1.165) is 5.69 Å². The lowest BCUT2D eigenvalue weighted by Gasteiger charge is -2.00. The average molecular weight is 412 g/mol. The SMILES string of the molecule is COC(=O)c1ccc2c(c1)C(=O)/C(=C/c1cn(-c3ccccc3)nc1-c1ccco1)O2. The fourth-order valence-corrected chi connectivity index (χ4v) is 3.39. The summed E-state index contributed by atoms with van der Waals surface area (Å²) in [6, 6.07) is 17.8. The van der Waals surface area contributed by atoms with Crippen molar-refractivity contribution in [1.29, 1.82) is 0 Å². The Balaban J connectivity index is 1.56. The summed E-state index contributed by atoms with van der Waals surface area (Å²) in [6.45, 7) is 0. The van der Waals surface area contributed by atoms with Gasteiger partial charge in [0.05, 0.1) is 30.2 Å². The zero-order valence-corrected chi connectivity index (χ0v) is 16.4. The number of allylic oxidation sites excluding steroid dienone is 1. The smallest absolute Gasteiger partial charge is 0.337 e. The molecule has 4 aromatic rings. The van der Waals surface area contributed by atoms with Crippen LogP contribution in [0.3, 0.4) is 0 Å². The number of nitrogens with zero attached hydrogens (tertiary/aromatic N) is 2. The summed E-state index contributed by atoms with van der Waals surface area (Å²) in [7, 11) is 1.29. The van der Waals surface area contributed by atoms with E-state index in [4.69, 9.17) is 13.9 Å². The molecule has 3 heterocycles. The van der Waals surface area contributed by atoms with Gasteiger partial charge in [0, 0.05) is 11.8 Å². The van der Waals surface area contributed by atoms with E-state index in [-0.39, 0.29) is 17.1 Å². The largest absolute Gasteiger partial charge is 0.465 e. The van der Waals surface area contributed by atoms with Crippen molar-refractivity contribution in [3.8, 4) is 22.9 Å². The van der Waals surface area contributed by atoms with E-state index in [1.54, 1.807) is 47.5 Å². The van der Waals surface area contributed by atoms with Gasteiger partial charge in [-0.1, -0.05) is 18.2 Å². The van der Waals surface area contributed by atoms with Crippen molar-refractivity contribution in [1.82, 2.24) is 9.78 Å². The number of hydrogen-bond donors (Lipinski definition) is 0. The Kier molecular flexibility index (Phi) is 4.48. The minimum absolute atomic E-state index is 0.137. The molecule has 0 spiro atoms. The van der Waals surface area contributed by atoms with Gasteiger partial charge in [0.2, 0.25) is 5.78 Å². The summed E-state index contributed by atoms with van der Waals surface area (Å²) in [6.07, 6.45) is 5.00. The molecule has 0 amide bonds. The number of Topliss-reactive ketones (excluding diaryl/α,β-unsaturated/α-hetero) is 1. The van der Waals surface area contributed by atoms with Gasteiger partial charge in [-0.15, -0.1) is 0 Å². The van der Waals surface area contributed by atoms with Gasteiger partial charge in [0.25, 0.3) is 0 Å². The van der Waals surface area contributed by atoms with Crippen LogP contribution in [0, 0.1) is 0 Å². The van der Waals surface area contributed by atoms with E-state index >= 15 is 0 Å². The van der Waals surface area contributed by atoms with Crippen molar-refractivity contribution in [3.63, 3.8) is 0 Å². The minimum atomic E-state index is -0.516. The van der Waals surface area contributed by atoms with Crippen LogP contribution in [0.5, 0.6) is 5.75 Å². The van der Waals surface area contributed by atoms with Crippen molar-refractivity contribution >= 4 is 17.8 Å². The lowest BCUT2D eigenvalue weighted by atomic mass is 10.1. The monoisotopic (exact) mass is 412 g/mol. The number of hydrogen-bond acceptors (Lipinski definition) is 6. The maximum absolute atomic E-state index is 12.9. The van der Waals surface area contributed by atoms with E-state index in [9.17, 15) is 9.59 Å². The van der Waals surface area contributed by atoms with Crippen LogP contribution in [0.25, 0.3) is 23.2 Å². The highest BCUT2D eigenvalue weighted by Gasteiger charge is 2.29. The van der Waals surface area contributed by atoms with Crippen LogP contribution in [0.15, 0.2) is 83.3 Å². The summed E-state index contributed by atoms with van der Waals surface area (Å²) in [4.78, 5) is 24.7. The van der Waals surface area contributed by atoms with Gasteiger partial charge in [-0.25, -0.2) is 9.48 Å². The molecule has 1 aliphatic rings. The average Bonchev–Trinajstić information content (AvgIpc) is 3.54. The third-order valence-corrected chi connectivity index (χ3v) is 4.89. The third kappa shape index (κ3) is 3.32. The number of furan rings is 1. The number of fused-ring (bicyclic) bond motifs is 1. The van der Waals surface area contributed by atoms with Crippen molar-refractivity contribution in [3.05, 3.63) is 95.6 Å². The highest BCUT2D eigenvalue weighted by Crippen LogP contribution is 2.34. The molecule has 152 valence electrons. The summed E-state index contributed by atoms with van der Waals surface area (Å²) < 4.78 is 17.7. The maximum atomic E-state index is 12.9. The van der Waals surface area contributed by atoms with Crippen molar-refractivity contribution in [2.45, 2.75) is 0 Å². The first kappa shape index (κ1) is 18.6. The lowest BCUT2D eigenvalue weighted by Crippen LogP contribution is -2.03. The van der Waals surface area contributed by atoms with Gasteiger partial charge in [-0.3, -0.25) is 4.79 Å². The number of aromatic nitrogens is 2. The van der Waals surface area contributed by atoms with E-state index < -0.39 is 5.97 Å². The quantitative estimate of drug-likeness (QED) is 0.362. The molecule has 0 fully saturated rings. The zero-order chi connectivity index (χ0) is 21.4. The number of ketones is 1. The first-order chi connectivity index (χ1) is 15.1. The van der Waals surface area contributed by atoms with Crippen LogP contribution in [0.1, 0.15) is 26.3 Å². The number of methoxy groups -OCH3 is 1. The number of carbonyl (C=O) groups is 2. The van der Waals surface area contributed by atoms with E-state index in [1.807, 2.05) is 30.3 Å². The second-order valence-corrected chi connectivity index (χ2v) is 6.83. The molecule has 0 unspecified atom stereocenters. The molecule has 2 aromatic carbocycles. The lowest BCUT2D eigenvalue weighted by molar-refractivity contribution is 0.0600. The molecular formula is C24H16N2O5. The predicted octanol–water partition coefficient (Wildman–Crippen LogP) is 4.54. The molecule has 31 heavy (non-hydrogen) atoms. The van der Waals surface area contributed by atoms with Crippen molar-refractivity contribution < 1.29 is 23.5 Å². The van der Waals surface area contributed by atoms with Crippen LogP contribution in [-0.2, 0) is 4.74 Å². The van der Waals surface area contributed by atoms with E-state index in [0.29, 0.717) is 28.3 Å². The number of ether oxygens (including phenoxy) is 2. The van der Waals surface area contributed by atoms with Crippen LogP contribution >= 0.6 is 0 Å². The Labute approximate surface area is 177 Å². The molecule has 0 radical (unpaired) electrons. The molecule has 0 atom stereocenters. The topological polar surface area (TPSA) is 83.6 Å². The Morgan fingerprint density at radius 3 is 2.68 bits per heavy atom. The molecule has 0 N–H and O–H groups in total. The predicted molar refractivity (Wildman–Crippen MR) is 112 cm³/mol. The number of esters is 1. The van der Waals surface area contributed by atoms with Crippen LogP contribution < -0.4 is 4.74 Å². The van der Waals surface area contributed by atoms with Crippen LogP contribution in [0.4, 0.5) is 0 Å². The first-order valence-corrected chi connectivity index (χ1v) is 9.49. The van der Waals surface area contributed by atoms with Crippen LogP contribution in [-0.4, -0.2) is 28.6 Å². The Bertz CT molecular complexity index is 1320. The normalized spacial score (nSPS) is 13.8. The molecule has 0 bridgehead atoms. The van der Waals surface area contributed by atoms with E-state index in [1.165, 1.54) is 13.2 Å². The second-order valence-electron chi connectivity index (χ2n) is 6.83. The molecule has 7 heteroatoms. The van der Waals surface area contributed by atoms with E-state index in [2.05, 4.69) is 5.10 Å². The van der Waals surface area contributed by atoms with Crippen molar-refractivity contribution in [2.24, 2.45) is 0 Å². The standard InChI is InChI=1S/C24H16N2O5/c1-29-24(28)15-9-10-19-18(12-15)23(27)21(31-19)13-16-14-26(17-6-3-2-4-7-17)25-22(16)20-8-5-11-30-20/h2-14H,1H3/b21-13-. The summed E-state index contributed by atoms with van der Waals surface area (Å²) in [5, 5.41) is 4.64. The number of carbonyl (C=O) groups excluding carboxylic acids is 2. The number of rotatable bonds is 4. The molecule has 0 aliphatic carbocycles.